The highest BCUT2D eigenvalue weighted by atomic mass is 32.1. The number of allylic oxidation sites excluding steroid dienone is 1. The van der Waals surface area contributed by atoms with Crippen molar-refractivity contribution in [2.75, 3.05) is 18.5 Å². The smallest absolute Gasteiger partial charge is 0.338 e. The zero-order valence-electron chi connectivity index (χ0n) is 21.1. The Bertz CT molecular complexity index is 1100. The van der Waals surface area contributed by atoms with Crippen molar-refractivity contribution in [1.82, 2.24) is 10.2 Å². The first-order valence-electron chi connectivity index (χ1n) is 12.2. The molecule has 186 valence electrons. The number of nitrogens with zero attached hydrogens (tertiary/aromatic N) is 1. The molecule has 2 atom stereocenters. The number of ether oxygens (including phenoxy) is 1. The molecule has 2 N–H and O–H groups in total. The van der Waals surface area contributed by atoms with Crippen molar-refractivity contribution in [3.05, 3.63) is 77.0 Å². The van der Waals surface area contributed by atoms with Crippen LogP contribution in [-0.2, 0) is 14.3 Å². The van der Waals surface area contributed by atoms with Gasteiger partial charge in [0.2, 0.25) is 5.91 Å². The number of esters is 1. The van der Waals surface area contributed by atoms with Gasteiger partial charge in [-0.3, -0.25) is 4.79 Å². The van der Waals surface area contributed by atoms with Gasteiger partial charge in [0.05, 0.1) is 24.1 Å². The van der Waals surface area contributed by atoms with E-state index in [-0.39, 0.29) is 23.7 Å². The molecule has 7 heteroatoms. The molecule has 35 heavy (non-hydrogen) atoms. The lowest BCUT2D eigenvalue weighted by molar-refractivity contribution is -0.140. The monoisotopic (exact) mass is 493 g/mol. The first-order chi connectivity index (χ1) is 16.8. The lowest BCUT2D eigenvalue weighted by Gasteiger charge is -2.37. The molecule has 1 aliphatic heterocycles. The fourth-order valence-corrected chi connectivity index (χ4v) is 4.66. The molecule has 2 aromatic carbocycles. The molecular formula is C28H35N3O3S. The molecule has 6 nitrogen and oxygen atoms in total. The van der Waals surface area contributed by atoms with Crippen molar-refractivity contribution in [1.29, 1.82) is 0 Å². The van der Waals surface area contributed by atoms with Gasteiger partial charge >= 0.3 is 5.97 Å². The van der Waals surface area contributed by atoms with Crippen molar-refractivity contribution in [2.24, 2.45) is 5.92 Å². The second-order valence-electron chi connectivity index (χ2n) is 9.10. The Hall–Kier alpha value is -3.19. The Kier molecular flexibility index (Phi) is 9.04. The van der Waals surface area contributed by atoms with Crippen LogP contribution in [0.15, 0.2) is 65.9 Å². The summed E-state index contributed by atoms with van der Waals surface area (Å²) in [6, 6.07) is 16.8. The van der Waals surface area contributed by atoms with Gasteiger partial charge in [0.25, 0.3) is 0 Å². The summed E-state index contributed by atoms with van der Waals surface area (Å²) in [5, 5.41) is 6.92. The Morgan fingerprint density at radius 2 is 1.83 bits per heavy atom. The zero-order chi connectivity index (χ0) is 25.5. The molecule has 1 amide bonds. The van der Waals surface area contributed by atoms with Crippen LogP contribution in [0.3, 0.4) is 0 Å². The van der Waals surface area contributed by atoms with E-state index in [2.05, 4.69) is 10.6 Å². The third kappa shape index (κ3) is 6.28. The second-order valence-corrected chi connectivity index (χ2v) is 9.49. The highest BCUT2D eigenvalue weighted by Crippen LogP contribution is 2.33. The molecule has 0 saturated carbocycles. The molecule has 0 radical (unpaired) electrons. The molecule has 2 aromatic rings. The van der Waals surface area contributed by atoms with Crippen molar-refractivity contribution >= 4 is 34.9 Å². The fourth-order valence-electron chi connectivity index (χ4n) is 4.28. The number of benzene rings is 2. The van der Waals surface area contributed by atoms with Crippen LogP contribution in [0, 0.1) is 5.92 Å². The molecule has 0 fully saturated rings. The van der Waals surface area contributed by atoms with E-state index in [9.17, 15) is 9.59 Å². The van der Waals surface area contributed by atoms with E-state index in [1.165, 1.54) is 0 Å². The number of carbonyl (C=O) groups excluding carboxylic acids is 2. The molecule has 3 rings (SSSR count). The van der Waals surface area contributed by atoms with Gasteiger partial charge in [-0.25, -0.2) is 4.79 Å². The third-order valence-corrected chi connectivity index (χ3v) is 6.43. The van der Waals surface area contributed by atoms with Gasteiger partial charge in [-0.15, -0.1) is 0 Å². The van der Waals surface area contributed by atoms with Crippen LogP contribution in [0.2, 0.25) is 0 Å². The summed E-state index contributed by atoms with van der Waals surface area (Å²) in [6.45, 7) is 10.9. The van der Waals surface area contributed by atoms with Crippen molar-refractivity contribution in [3.8, 4) is 0 Å². The molecule has 0 aromatic heterocycles. The van der Waals surface area contributed by atoms with Gasteiger partial charge in [-0.1, -0.05) is 63.2 Å². The van der Waals surface area contributed by atoms with Crippen molar-refractivity contribution in [3.63, 3.8) is 0 Å². The lowest BCUT2D eigenvalue weighted by Crippen LogP contribution is -2.47. The second kappa shape index (κ2) is 12.0. The number of amides is 1. The number of anilines is 1. The SMILES string of the molecule is CC[C@H](C(=O)Nc1cccc([C@H]2NC(=S)N(CC)C(C)=C2C(=O)OCC(C)C)c1)c1ccccc1. The Balaban J connectivity index is 1.90. The lowest BCUT2D eigenvalue weighted by atomic mass is 9.94. The first-order valence-corrected chi connectivity index (χ1v) is 12.6. The highest BCUT2D eigenvalue weighted by Gasteiger charge is 2.34. The predicted octanol–water partition coefficient (Wildman–Crippen LogP) is 5.54. The fraction of sp³-hybridized carbons (Fsp3) is 0.393. The van der Waals surface area contributed by atoms with Gasteiger partial charge in [0.15, 0.2) is 5.11 Å². The van der Waals surface area contributed by atoms with Crippen LogP contribution in [0.1, 0.15) is 64.1 Å². The van der Waals surface area contributed by atoms with Crippen LogP contribution >= 0.6 is 12.2 Å². The summed E-state index contributed by atoms with van der Waals surface area (Å²) >= 11 is 5.59. The van der Waals surface area contributed by atoms with E-state index in [4.69, 9.17) is 17.0 Å². The van der Waals surface area contributed by atoms with Crippen LogP contribution < -0.4 is 10.6 Å². The van der Waals surface area contributed by atoms with Gasteiger partial charge in [-0.2, -0.15) is 0 Å². The number of hydrogen-bond acceptors (Lipinski definition) is 4. The summed E-state index contributed by atoms with van der Waals surface area (Å²) in [5.74, 6) is -0.447. The summed E-state index contributed by atoms with van der Waals surface area (Å²) in [6.07, 6.45) is 0.689. The molecule has 0 bridgehead atoms. The van der Waals surface area contributed by atoms with E-state index in [1.807, 2.05) is 94.1 Å². The summed E-state index contributed by atoms with van der Waals surface area (Å²) < 4.78 is 5.61. The molecule has 0 unspecified atom stereocenters. The summed E-state index contributed by atoms with van der Waals surface area (Å²) in [7, 11) is 0. The van der Waals surface area contributed by atoms with Crippen LogP contribution in [0.5, 0.6) is 0 Å². The van der Waals surface area contributed by atoms with E-state index >= 15 is 0 Å². The van der Waals surface area contributed by atoms with Gasteiger partial charge in [0, 0.05) is 17.9 Å². The Morgan fingerprint density at radius 1 is 1.11 bits per heavy atom. The minimum atomic E-state index is -0.474. The largest absolute Gasteiger partial charge is 0.462 e. The Morgan fingerprint density at radius 3 is 2.46 bits per heavy atom. The van der Waals surface area contributed by atoms with Crippen molar-refractivity contribution < 1.29 is 14.3 Å². The zero-order valence-corrected chi connectivity index (χ0v) is 21.9. The molecule has 0 spiro atoms. The van der Waals surface area contributed by atoms with Gasteiger partial charge in [-0.05, 0) is 61.7 Å². The maximum absolute atomic E-state index is 13.2. The Labute approximate surface area is 213 Å². The maximum Gasteiger partial charge on any atom is 0.338 e. The summed E-state index contributed by atoms with van der Waals surface area (Å²) in [5.41, 5.74) is 3.78. The third-order valence-electron chi connectivity index (χ3n) is 6.09. The average molecular weight is 494 g/mol. The molecular weight excluding hydrogens is 458 g/mol. The van der Waals surface area contributed by atoms with Crippen LogP contribution in [-0.4, -0.2) is 35.0 Å². The first kappa shape index (κ1) is 26.4. The quantitative estimate of drug-likeness (QED) is 0.353. The van der Waals surface area contributed by atoms with E-state index < -0.39 is 6.04 Å². The number of thiocarbonyl (C=S) groups is 1. The van der Waals surface area contributed by atoms with E-state index in [0.717, 1.165) is 16.8 Å². The van der Waals surface area contributed by atoms with Crippen LogP contribution in [0.4, 0.5) is 5.69 Å². The molecule has 0 aliphatic carbocycles. The molecule has 0 saturated heterocycles. The topological polar surface area (TPSA) is 70.7 Å². The van der Waals surface area contributed by atoms with Crippen molar-refractivity contribution in [2.45, 2.75) is 53.0 Å². The molecule has 1 heterocycles. The number of carbonyl (C=O) groups is 2. The van der Waals surface area contributed by atoms with E-state index in [1.54, 1.807) is 0 Å². The van der Waals surface area contributed by atoms with Crippen LogP contribution in [0.25, 0.3) is 0 Å². The normalized spacial score (nSPS) is 16.7. The highest BCUT2D eigenvalue weighted by molar-refractivity contribution is 7.80. The van der Waals surface area contributed by atoms with E-state index in [0.29, 0.717) is 35.9 Å². The average Bonchev–Trinajstić information content (AvgIpc) is 2.83. The van der Waals surface area contributed by atoms with Gasteiger partial charge < -0.3 is 20.3 Å². The minimum Gasteiger partial charge on any atom is -0.462 e. The number of hydrogen-bond donors (Lipinski definition) is 2. The van der Waals surface area contributed by atoms with Gasteiger partial charge in [0.1, 0.15) is 0 Å². The standard InChI is InChI=1S/C28H35N3O3S/c1-6-23(20-12-9-8-10-13-20)26(32)29-22-15-11-14-21(16-22)25-24(27(33)34-17-18(3)4)19(5)31(7-2)28(35)30-25/h8-16,18,23,25H,6-7,17H2,1-5H3,(H,29,32)(H,30,35)/t23-,25+/m0/s1. The predicted molar refractivity (Wildman–Crippen MR) is 144 cm³/mol. The summed E-state index contributed by atoms with van der Waals surface area (Å²) in [4.78, 5) is 28.2. The number of rotatable bonds is 9. The maximum atomic E-state index is 13.2. The number of nitrogens with one attached hydrogen (secondary N) is 2. The molecule has 1 aliphatic rings. The minimum absolute atomic E-state index is 0.0663.